The summed E-state index contributed by atoms with van der Waals surface area (Å²) in [7, 11) is 1.54. The fourth-order valence-corrected chi connectivity index (χ4v) is 3.72. The topological polar surface area (TPSA) is 106 Å². The van der Waals surface area contributed by atoms with E-state index in [1.807, 2.05) is 13.0 Å². The van der Waals surface area contributed by atoms with Crippen molar-refractivity contribution in [2.24, 2.45) is 0 Å². The Hall–Kier alpha value is -3.04. The molecule has 3 aromatic rings. The van der Waals surface area contributed by atoms with Gasteiger partial charge in [0.1, 0.15) is 10.9 Å². The first-order chi connectivity index (χ1) is 14.0. The van der Waals surface area contributed by atoms with E-state index >= 15 is 0 Å². The normalized spacial score (nSPS) is 15.1. The molecule has 9 nitrogen and oxygen atoms in total. The number of anilines is 1. The molecule has 3 N–H and O–H groups in total. The van der Waals surface area contributed by atoms with Crippen molar-refractivity contribution in [1.29, 1.82) is 0 Å². The van der Waals surface area contributed by atoms with Gasteiger partial charge in [0.2, 0.25) is 11.5 Å². The van der Waals surface area contributed by atoms with Gasteiger partial charge in [0.05, 0.1) is 19.8 Å². The van der Waals surface area contributed by atoms with Crippen molar-refractivity contribution in [3.63, 3.8) is 0 Å². The van der Waals surface area contributed by atoms with Crippen molar-refractivity contribution in [3.8, 4) is 0 Å². The third-order valence-electron chi connectivity index (χ3n) is 5.39. The monoisotopic (exact) mass is 397 g/mol. The molecule has 0 saturated carbocycles. The zero-order valence-corrected chi connectivity index (χ0v) is 16.6. The van der Waals surface area contributed by atoms with E-state index in [1.165, 1.54) is 4.40 Å². The molecule has 3 aromatic heterocycles. The molecule has 0 radical (unpaired) electrons. The lowest BCUT2D eigenvalue weighted by molar-refractivity contribution is -0.658. The largest absolute Gasteiger partial charge is 0.379 e. The van der Waals surface area contributed by atoms with Crippen LogP contribution in [0.5, 0.6) is 0 Å². The summed E-state index contributed by atoms with van der Waals surface area (Å²) in [6.07, 6.45) is 1.69. The first-order valence-electron chi connectivity index (χ1n) is 9.67. The van der Waals surface area contributed by atoms with Crippen molar-refractivity contribution in [2.45, 2.75) is 13.5 Å². The Morgan fingerprint density at radius 3 is 2.86 bits per heavy atom. The van der Waals surface area contributed by atoms with Crippen LogP contribution in [0.4, 0.5) is 5.82 Å². The van der Waals surface area contributed by atoms with Gasteiger partial charge in [-0.25, -0.2) is 4.57 Å². The quantitative estimate of drug-likeness (QED) is 0.463. The molecular weight excluding hydrogens is 372 g/mol. The van der Waals surface area contributed by atoms with Crippen LogP contribution in [0.3, 0.4) is 0 Å². The number of amides is 1. The summed E-state index contributed by atoms with van der Waals surface area (Å²) < 4.78 is 8.69. The summed E-state index contributed by atoms with van der Waals surface area (Å²) in [5.41, 5.74) is 8.39. The minimum absolute atomic E-state index is 0.223. The molecule has 1 fully saturated rings. The molecule has 1 saturated heterocycles. The Morgan fingerprint density at radius 1 is 1.38 bits per heavy atom. The van der Waals surface area contributed by atoms with Gasteiger partial charge in [-0.2, -0.15) is 0 Å². The number of nitrogens with zero attached hydrogens (tertiary/aromatic N) is 4. The molecule has 1 amide bonds. The SMILES string of the molecule is CNC(=O)c1cc2c(=O)n3cccc(C)c3nc2[n+](CCN2CCOCC2)c1N. The molecule has 4 rings (SSSR count). The number of aryl methyl sites for hydroxylation is 1. The van der Waals surface area contributed by atoms with Crippen molar-refractivity contribution in [3.05, 3.63) is 45.9 Å². The van der Waals surface area contributed by atoms with Crippen LogP contribution in [0, 0.1) is 6.92 Å². The Bertz CT molecular complexity index is 1150. The van der Waals surface area contributed by atoms with E-state index in [2.05, 4.69) is 10.2 Å². The average molecular weight is 397 g/mol. The van der Waals surface area contributed by atoms with E-state index in [4.69, 9.17) is 15.5 Å². The molecule has 9 heteroatoms. The Balaban J connectivity index is 1.93. The standard InChI is InChI=1S/C20H24N6O3/c1-13-4-3-5-26-17(13)23-18-15(20(26)28)12-14(19(27)22-2)16(21)25(18)7-6-24-8-10-29-11-9-24/h3-5,12,21H,6-11H2,1-2H3,(H,22,27)/p+1. The molecule has 152 valence electrons. The van der Waals surface area contributed by atoms with Gasteiger partial charge in [-0.1, -0.05) is 11.1 Å². The number of pyridine rings is 2. The molecule has 29 heavy (non-hydrogen) atoms. The van der Waals surface area contributed by atoms with Crippen LogP contribution < -0.4 is 21.2 Å². The van der Waals surface area contributed by atoms with E-state index in [-0.39, 0.29) is 17.0 Å². The number of ether oxygens (including phenoxy) is 1. The molecule has 0 bridgehead atoms. The fourth-order valence-electron chi connectivity index (χ4n) is 3.72. The Labute approximate surface area is 167 Å². The number of fused-ring (bicyclic) bond motifs is 2. The van der Waals surface area contributed by atoms with Gasteiger partial charge >= 0.3 is 0 Å². The van der Waals surface area contributed by atoms with E-state index < -0.39 is 0 Å². The minimum Gasteiger partial charge on any atom is -0.379 e. The molecule has 4 heterocycles. The van der Waals surface area contributed by atoms with Gasteiger partial charge in [0.25, 0.3) is 17.1 Å². The predicted molar refractivity (Wildman–Crippen MR) is 109 cm³/mol. The number of morpholine rings is 1. The van der Waals surface area contributed by atoms with E-state index in [0.717, 1.165) is 25.2 Å². The molecule has 0 atom stereocenters. The highest BCUT2D eigenvalue weighted by Crippen LogP contribution is 2.16. The highest BCUT2D eigenvalue weighted by atomic mass is 16.5. The lowest BCUT2D eigenvalue weighted by atomic mass is 10.1. The first-order valence-corrected chi connectivity index (χ1v) is 9.67. The minimum atomic E-state index is -0.335. The number of carbonyl (C=O) groups excluding carboxylic acids is 1. The summed E-state index contributed by atoms with van der Waals surface area (Å²) in [6.45, 7) is 6.22. The first kappa shape index (κ1) is 19.3. The summed E-state index contributed by atoms with van der Waals surface area (Å²) in [5.74, 6) is -0.0341. The number of aromatic nitrogens is 3. The van der Waals surface area contributed by atoms with Gasteiger partial charge in [0, 0.05) is 38.4 Å². The zero-order chi connectivity index (χ0) is 20.5. The Kier molecular flexibility index (Phi) is 5.16. The highest BCUT2D eigenvalue weighted by molar-refractivity contribution is 6.00. The second kappa shape index (κ2) is 7.76. The van der Waals surface area contributed by atoms with Crippen molar-refractivity contribution in [2.75, 3.05) is 45.6 Å². The Morgan fingerprint density at radius 2 is 2.14 bits per heavy atom. The number of hydrogen-bond donors (Lipinski definition) is 2. The lowest BCUT2D eigenvalue weighted by Gasteiger charge is -2.26. The number of rotatable bonds is 4. The number of nitrogens with two attached hydrogens (primary N) is 1. The van der Waals surface area contributed by atoms with Crippen LogP contribution in [0.15, 0.2) is 29.2 Å². The van der Waals surface area contributed by atoms with Gasteiger partial charge in [-0.3, -0.25) is 18.9 Å². The summed E-state index contributed by atoms with van der Waals surface area (Å²) in [6, 6.07) is 5.26. The summed E-state index contributed by atoms with van der Waals surface area (Å²) >= 11 is 0. The van der Waals surface area contributed by atoms with Crippen LogP contribution in [0.2, 0.25) is 0 Å². The second-order valence-corrected chi connectivity index (χ2v) is 7.17. The maximum absolute atomic E-state index is 13.2. The van der Waals surface area contributed by atoms with Gasteiger partial charge in [0.15, 0.2) is 0 Å². The highest BCUT2D eigenvalue weighted by Gasteiger charge is 2.25. The lowest BCUT2D eigenvalue weighted by Crippen LogP contribution is -2.48. The third kappa shape index (κ3) is 3.43. The number of carbonyl (C=O) groups is 1. The van der Waals surface area contributed by atoms with Gasteiger partial charge in [-0.15, -0.1) is 0 Å². The number of hydrogen-bond acceptors (Lipinski definition) is 6. The van der Waals surface area contributed by atoms with Crippen molar-refractivity contribution < 1.29 is 14.1 Å². The smallest absolute Gasteiger partial charge is 0.278 e. The molecule has 1 aliphatic heterocycles. The molecule has 0 unspecified atom stereocenters. The average Bonchev–Trinajstić information content (AvgIpc) is 2.74. The van der Waals surface area contributed by atoms with E-state index in [9.17, 15) is 9.59 Å². The zero-order valence-electron chi connectivity index (χ0n) is 16.6. The second-order valence-electron chi connectivity index (χ2n) is 7.17. The van der Waals surface area contributed by atoms with Gasteiger partial charge < -0.3 is 15.8 Å². The van der Waals surface area contributed by atoms with Crippen LogP contribution in [-0.2, 0) is 11.3 Å². The summed E-state index contributed by atoms with van der Waals surface area (Å²) in [4.78, 5) is 32.6. The molecule has 0 spiro atoms. The number of nitrogen functional groups attached to an aromatic ring is 1. The van der Waals surface area contributed by atoms with Crippen LogP contribution in [0.25, 0.3) is 16.7 Å². The van der Waals surface area contributed by atoms with Crippen molar-refractivity contribution >= 4 is 28.4 Å². The van der Waals surface area contributed by atoms with Crippen LogP contribution in [0.1, 0.15) is 15.9 Å². The molecule has 0 aromatic carbocycles. The fraction of sp³-hybridized carbons (Fsp3) is 0.400. The van der Waals surface area contributed by atoms with Crippen molar-refractivity contribution in [1.82, 2.24) is 19.6 Å². The summed E-state index contributed by atoms with van der Waals surface area (Å²) in [5, 5.41) is 2.96. The predicted octanol–water partition coefficient (Wildman–Crippen LogP) is -0.282. The number of nitrogens with one attached hydrogen (secondary N) is 1. The van der Waals surface area contributed by atoms with Crippen LogP contribution >= 0.6 is 0 Å². The maximum Gasteiger partial charge on any atom is 0.278 e. The van der Waals surface area contributed by atoms with E-state index in [0.29, 0.717) is 42.3 Å². The maximum atomic E-state index is 13.2. The third-order valence-corrected chi connectivity index (χ3v) is 5.39. The van der Waals surface area contributed by atoms with Crippen LogP contribution in [-0.4, -0.2) is 60.1 Å². The molecular formula is C20H25N6O3+. The molecule has 0 aliphatic carbocycles. The van der Waals surface area contributed by atoms with Gasteiger partial charge in [-0.05, 0) is 19.1 Å². The van der Waals surface area contributed by atoms with E-state index in [1.54, 1.807) is 29.9 Å². The molecule has 1 aliphatic rings.